The zero-order valence-electron chi connectivity index (χ0n) is 8.69. The topological polar surface area (TPSA) is 58.0 Å². The molecule has 1 fully saturated rings. The second-order valence-corrected chi connectivity index (χ2v) is 4.09. The van der Waals surface area contributed by atoms with E-state index in [9.17, 15) is 9.90 Å². The monoisotopic (exact) mass is 236 g/mol. The minimum atomic E-state index is -0.345. The van der Waals surface area contributed by atoms with Gasteiger partial charge in [0.1, 0.15) is 0 Å². The Hall–Kier alpha value is -1.62. The summed E-state index contributed by atoms with van der Waals surface area (Å²) in [4.78, 5) is 14.2. The first kappa shape index (κ1) is 10.9. The molecule has 0 amide bonds. The van der Waals surface area contributed by atoms with Gasteiger partial charge in [0.2, 0.25) is 5.88 Å². The highest BCUT2D eigenvalue weighted by molar-refractivity contribution is 7.71. The van der Waals surface area contributed by atoms with Crippen LogP contribution >= 0.6 is 12.2 Å². The summed E-state index contributed by atoms with van der Waals surface area (Å²) in [5.41, 5.74) is 1.10. The van der Waals surface area contributed by atoms with Crippen LogP contribution < -0.4 is 5.56 Å². The number of allylic oxidation sites excluding steroid dienone is 2. The molecule has 2 rings (SSSR count). The Labute approximate surface area is 97.6 Å². The molecule has 2 N–H and O–H groups in total. The Kier molecular flexibility index (Phi) is 2.78. The summed E-state index contributed by atoms with van der Waals surface area (Å²) in [5.74, 6) is -0.0898. The van der Waals surface area contributed by atoms with Gasteiger partial charge in [-0.15, -0.1) is 6.58 Å². The highest BCUT2D eigenvalue weighted by atomic mass is 32.1. The van der Waals surface area contributed by atoms with Crippen molar-refractivity contribution in [1.29, 1.82) is 0 Å². The highest BCUT2D eigenvalue weighted by Crippen LogP contribution is 2.31. The van der Waals surface area contributed by atoms with Crippen molar-refractivity contribution in [3.8, 4) is 5.88 Å². The summed E-state index contributed by atoms with van der Waals surface area (Å²) in [7, 11) is 0. The van der Waals surface area contributed by atoms with Crippen LogP contribution in [0.4, 0.5) is 0 Å². The van der Waals surface area contributed by atoms with Crippen molar-refractivity contribution in [3.63, 3.8) is 0 Å². The first-order valence-electron chi connectivity index (χ1n) is 5.00. The number of H-pyrrole nitrogens is 1. The lowest BCUT2D eigenvalue weighted by Crippen LogP contribution is -2.16. The van der Waals surface area contributed by atoms with Crippen LogP contribution in [-0.2, 0) is 6.54 Å². The molecule has 16 heavy (non-hydrogen) atoms. The van der Waals surface area contributed by atoms with Crippen molar-refractivity contribution in [2.45, 2.75) is 19.4 Å². The molecule has 0 aromatic carbocycles. The van der Waals surface area contributed by atoms with E-state index in [1.165, 1.54) is 10.1 Å². The SMILES string of the molecule is C=CCn1c(O)c(C=C2CC2)c(=O)[nH]c1=S. The lowest BCUT2D eigenvalue weighted by atomic mass is 10.2. The smallest absolute Gasteiger partial charge is 0.262 e. The molecule has 0 aliphatic heterocycles. The molecular weight excluding hydrogens is 224 g/mol. The molecule has 5 heteroatoms. The molecule has 1 aliphatic rings. The predicted molar refractivity (Wildman–Crippen MR) is 65.0 cm³/mol. The molecule has 1 aliphatic carbocycles. The summed E-state index contributed by atoms with van der Waals surface area (Å²) >= 11 is 4.96. The molecule has 1 saturated carbocycles. The molecule has 0 radical (unpaired) electrons. The third kappa shape index (κ3) is 1.99. The maximum Gasteiger partial charge on any atom is 0.262 e. The average Bonchev–Trinajstić information content (AvgIpc) is 3.03. The molecule has 0 unspecified atom stereocenters. The minimum Gasteiger partial charge on any atom is -0.494 e. The summed E-state index contributed by atoms with van der Waals surface area (Å²) < 4.78 is 1.65. The Morgan fingerprint density at radius 1 is 1.56 bits per heavy atom. The Morgan fingerprint density at radius 2 is 2.25 bits per heavy atom. The molecule has 0 saturated heterocycles. The van der Waals surface area contributed by atoms with Gasteiger partial charge in [0.05, 0.1) is 5.56 Å². The van der Waals surface area contributed by atoms with E-state index in [1.807, 2.05) is 0 Å². The maximum absolute atomic E-state index is 11.6. The lowest BCUT2D eigenvalue weighted by molar-refractivity contribution is 0.412. The van der Waals surface area contributed by atoms with E-state index in [2.05, 4.69) is 11.6 Å². The van der Waals surface area contributed by atoms with E-state index < -0.39 is 0 Å². The summed E-state index contributed by atoms with van der Waals surface area (Å²) in [6.07, 6.45) is 5.33. The van der Waals surface area contributed by atoms with Crippen LogP contribution in [0, 0.1) is 4.77 Å². The third-order valence-electron chi connectivity index (χ3n) is 2.41. The number of nitrogens with one attached hydrogen (secondary N) is 1. The number of aromatic amines is 1. The number of hydrogen-bond donors (Lipinski definition) is 2. The number of aromatic nitrogens is 2. The fraction of sp³-hybridized carbons (Fsp3) is 0.273. The van der Waals surface area contributed by atoms with Crippen LogP contribution in [0.15, 0.2) is 23.0 Å². The van der Waals surface area contributed by atoms with Crippen LogP contribution in [0.2, 0.25) is 0 Å². The second kappa shape index (κ2) is 4.09. The third-order valence-corrected chi connectivity index (χ3v) is 2.73. The van der Waals surface area contributed by atoms with Gasteiger partial charge in [-0.3, -0.25) is 14.3 Å². The van der Waals surface area contributed by atoms with E-state index in [4.69, 9.17) is 12.2 Å². The highest BCUT2D eigenvalue weighted by Gasteiger charge is 2.15. The van der Waals surface area contributed by atoms with Gasteiger partial charge in [-0.1, -0.05) is 11.6 Å². The summed E-state index contributed by atoms with van der Waals surface area (Å²) in [6.45, 7) is 3.95. The van der Waals surface area contributed by atoms with Crippen molar-refractivity contribution >= 4 is 18.3 Å². The van der Waals surface area contributed by atoms with Gasteiger partial charge in [0.25, 0.3) is 5.56 Å². The van der Waals surface area contributed by atoms with Gasteiger partial charge in [0, 0.05) is 6.54 Å². The fourth-order valence-corrected chi connectivity index (χ4v) is 1.68. The molecule has 1 heterocycles. The van der Waals surface area contributed by atoms with Crippen LogP contribution in [0.1, 0.15) is 18.4 Å². The molecule has 1 aromatic rings. The van der Waals surface area contributed by atoms with E-state index >= 15 is 0 Å². The largest absolute Gasteiger partial charge is 0.494 e. The number of hydrogen-bond acceptors (Lipinski definition) is 3. The van der Waals surface area contributed by atoms with E-state index in [0.717, 1.165) is 12.8 Å². The van der Waals surface area contributed by atoms with Crippen molar-refractivity contribution in [1.82, 2.24) is 9.55 Å². The number of aromatic hydroxyl groups is 1. The van der Waals surface area contributed by atoms with Gasteiger partial charge in [-0.2, -0.15) is 0 Å². The first-order valence-corrected chi connectivity index (χ1v) is 5.40. The minimum absolute atomic E-state index is 0.0898. The maximum atomic E-state index is 11.6. The van der Waals surface area contributed by atoms with Gasteiger partial charge in [0.15, 0.2) is 4.77 Å². The van der Waals surface area contributed by atoms with Gasteiger partial charge >= 0.3 is 0 Å². The average molecular weight is 236 g/mol. The van der Waals surface area contributed by atoms with Crippen molar-refractivity contribution < 1.29 is 5.11 Å². The van der Waals surface area contributed by atoms with Gasteiger partial charge in [-0.25, -0.2) is 0 Å². The van der Waals surface area contributed by atoms with Crippen LogP contribution in [0.5, 0.6) is 5.88 Å². The van der Waals surface area contributed by atoms with E-state index in [1.54, 1.807) is 12.2 Å². The Balaban J connectivity index is 2.64. The van der Waals surface area contributed by atoms with E-state index in [0.29, 0.717) is 6.54 Å². The number of rotatable bonds is 3. The molecule has 0 bridgehead atoms. The molecule has 4 nitrogen and oxygen atoms in total. The quantitative estimate of drug-likeness (QED) is 0.623. The molecule has 84 valence electrons. The summed E-state index contributed by atoms with van der Waals surface area (Å²) in [5, 5.41) is 9.94. The zero-order valence-corrected chi connectivity index (χ0v) is 9.51. The van der Waals surface area contributed by atoms with Gasteiger partial charge < -0.3 is 5.11 Å². The Morgan fingerprint density at radius 3 is 2.81 bits per heavy atom. The van der Waals surface area contributed by atoms with Gasteiger partial charge in [-0.05, 0) is 31.1 Å². The summed E-state index contributed by atoms with van der Waals surface area (Å²) in [6, 6.07) is 0. The Bertz CT molecular complexity index is 575. The normalized spacial score (nSPS) is 13.6. The van der Waals surface area contributed by atoms with E-state index in [-0.39, 0.29) is 21.8 Å². The first-order chi connectivity index (χ1) is 7.63. The predicted octanol–water partition coefficient (Wildman–Crippen LogP) is 1.97. The van der Waals surface area contributed by atoms with Crippen LogP contribution in [0.3, 0.4) is 0 Å². The number of nitrogens with zero attached hydrogens (tertiary/aromatic N) is 1. The molecular formula is C11H12N2O2S. The molecule has 0 atom stereocenters. The standard InChI is InChI=1S/C11H12N2O2S/c1-2-5-13-10(15)8(6-7-3-4-7)9(14)12-11(13)16/h2,6,15H,1,3-5H2,(H,12,14,16). The van der Waals surface area contributed by atoms with Crippen molar-refractivity contribution in [2.24, 2.45) is 0 Å². The lowest BCUT2D eigenvalue weighted by Gasteiger charge is -2.08. The van der Waals surface area contributed by atoms with Crippen LogP contribution in [-0.4, -0.2) is 14.7 Å². The zero-order chi connectivity index (χ0) is 11.7. The second-order valence-electron chi connectivity index (χ2n) is 3.70. The van der Waals surface area contributed by atoms with Crippen molar-refractivity contribution in [2.75, 3.05) is 0 Å². The molecule has 0 spiro atoms. The van der Waals surface area contributed by atoms with Crippen LogP contribution in [0.25, 0.3) is 6.08 Å². The fourth-order valence-electron chi connectivity index (χ4n) is 1.42. The molecule has 1 aromatic heterocycles. The van der Waals surface area contributed by atoms with Crippen molar-refractivity contribution in [3.05, 3.63) is 38.9 Å².